The van der Waals surface area contributed by atoms with Crippen molar-refractivity contribution in [1.82, 2.24) is 0 Å². The second kappa shape index (κ2) is 10.2. The Morgan fingerprint density at radius 3 is 2.73 bits per heavy atom. The SMILES string of the molecule is CCC(CCCCC=CCC(C)=O)Cc1cccc(O)c1C. The third kappa shape index (κ3) is 6.93. The quantitative estimate of drug-likeness (QED) is 0.466. The molecule has 22 heavy (non-hydrogen) atoms. The number of ketones is 1. The van der Waals surface area contributed by atoms with Crippen molar-refractivity contribution in [2.75, 3.05) is 0 Å². The molecule has 0 aromatic heterocycles. The highest BCUT2D eigenvalue weighted by atomic mass is 16.3. The summed E-state index contributed by atoms with van der Waals surface area (Å²) < 4.78 is 0. The summed E-state index contributed by atoms with van der Waals surface area (Å²) in [6.45, 7) is 5.87. The largest absolute Gasteiger partial charge is 0.508 e. The third-order valence-electron chi connectivity index (χ3n) is 4.31. The van der Waals surface area contributed by atoms with Crippen LogP contribution < -0.4 is 0 Å². The summed E-state index contributed by atoms with van der Waals surface area (Å²) in [6.07, 6.45) is 11.6. The van der Waals surface area contributed by atoms with Crippen LogP contribution in [0.2, 0.25) is 0 Å². The molecule has 0 aliphatic rings. The highest BCUT2D eigenvalue weighted by Crippen LogP contribution is 2.25. The maximum absolute atomic E-state index is 10.8. The van der Waals surface area contributed by atoms with Crippen molar-refractivity contribution < 1.29 is 9.90 Å². The number of unbranched alkanes of at least 4 members (excludes halogenated alkanes) is 2. The van der Waals surface area contributed by atoms with Gasteiger partial charge in [-0.25, -0.2) is 0 Å². The lowest BCUT2D eigenvalue weighted by Gasteiger charge is -2.16. The number of allylic oxidation sites excluding steroid dienone is 2. The average Bonchev–Trinajstić information content (AvgIpc) is 2.49. The molecule has 1 unspecified atom stereocenters. The molecule has 0 saturated heterocycles. The standard InChI is InChI=1S/C20H30O2/c1-4-18(12-9-7-5-6-8-11-16(2)21)15-19-13-10-14-20(22)17(19)3/h6,8,10,13-14,18,22H,4-5,7,9,11-12,15H2,1-3H3. The summed E-state index contributed by atoms with van der Waals surface area (Å²) in [4.78, 5) is 10.8. The fourth-order valence-electron chi connectivity index (χ4n) is 2.71. The van der Waals surface area contributed by atoms with Gasteiger partial charge in [-0.3, -0.25) is 4.79 Å². The Bertz CT molecular complexity index is 488. The zero-order valence-electron chi connectivity index (χ0n) is 14.3. The third-order valence-corrected chi connectivity index (χ3v) is 4.31. The molecule has 0 bridgehead atoms. The lowest BCUT2D eigenvalue weighted by Crippen LogP contribution is -2.05. The minimum absolute atomic E-state index is 0.226. The predicted molar refractivity (Wildman–Crippen MR) is 93.2 cm³/mol. The van der Waals surface area contributed by atoms with Gasteiger partial charge in [0.05, 0.1) is 0 Å². The average molecular weight is 302 g/mol. The first-order chi connectivity index (χ1) is 10.5. The topological polar surface area (TPSA) is 37.3 Å². The van der Waals surface area contributed by atoms with Crippen LogP contribution in [0.3, 0.4) is 0 Å². The van der Waals surface area contributed by atoms with Crippen LogP contribution in [0, 0.1) is 12.8 Å². The molecule has 0 saturated carbocycles. The van der Waals surface area contributed by atoms with E-state index < -0.39 is 0 Å². The van der Waals surface area contributed by atoms with E-state index in [1.165, 1.54) is 31.2 Å². The second-order valence-corrected chi connectivity index (χ2v) is 6.20. The summed E-state index contributed by atoms with van der Waals surface area (Å²) in [5.74, 6) is 1.31. The molecule has 0 radical (unpaired) electrons. The summed E-state index contributed by atoms with van der Waals surface area (Å²) in [5, 5.41) is 9.79. The van der Waals surface area contributed by atoms with Crippen LogP contribution in [0.15, 0.2) is 30.4 Å². The first-order valence-electron chi connectivity index (χ1n) is 8.46. The van der Waals surface area contributed by atoms with Gasteiger partial charge in [-0.15, -0.1) is 0 Å². The van der Waals surface area contributed by atoms with Crippen LogP contribution in [-0.2, 0) is 11.2 Å². The maximum atomic E-state index is 10.8. The fraction of sp³-hybridized carbons (Fsp3) is 0.550. The Balaban J connectivity index is 2.32. The molecule has 122 valence electrons. The van der Waals surface area contributed by atoms with Crippen molar-refractivity contribution >= 4 is 5.78 Å². The van der Waals surface area contributed by atoms with Gasteiger partial charge in [0.1, 0.15) is 11.5 Å². The monoisotopic (exact) mass is 302 g/mol. The summed E-state index contributed by atoms with van der Waals surface area (Å²) in [7, 11) is 0. The molecule has 1 atom stereocenters. The first kappa shape index (κ1) is 18.5. The predicted octanol–water partition coefficient (Wildman–Crippen LogP) is 5.37. The molecular weight excluding hydrogens is 272 g/mol. The number of phenolic OH excluding ortho intramolecular Hbond substituents is 1. The molecule has 1 aromatic rings. The Kier molecular flexibility index (Phi) is 8.57. The van der Waals surface area contributed by atoms with Crippen molar-refractivity contribution in [2.45, 2.75) is 65.7 Å². The van der Waals surface area contributed by atoms with Crippen molar-refractivity contribution in [3.05, 3.63) is 41.5 Å². The second-order valence-electron chi connectivity index (χ2n) is 6.20. The normalized spacial score (nSPS) is 12.7. The lowest BCUT2D eigenvalue weighted by atomic mass is 9.89. The molecule has 1 rings (SSSR count). The molecule has 0 amide bonds. The van der Waals surface area contributed by atoms with Crippen molar-refractivity contribution in [3.8, 4) is 5.75 Å². The minimum atomic E-state index is 0.226. The number of hydrogen-bond acceptors (Lipinski definition) is 2. The number of benzene rings is 1. The van der Waals surface area contributed by atoms with E-state index in [0.717, 1.165) is 18.4 Å². The molecule has 0 aliphatic carbocycles. The first-order valence-corrected chi connectivity index (χ1v) is 8.46. The van der Waals surface area contributed by atoms with Crippen molar-refractivity contribution in [3.63, 3.8) is 0 Å². The number of phenols is 1. The van der Waals surface area contributed by atoms with Crippen LogP contribution in [0.5, 0.6) is 5.75 Å². The Morgan fingerprint density at radius 2 is 2.05 bits per heavy atom. The van der Waals surface area contributed by atoms with E-state index in [0.29, 0.717) is 18.1 Å². The Labute approximate surface area is 135 Å². The smallest absolute Gasteiger partial charge is 0.133 e. The highest BCUT2D eigenvalue weighted by Gasteiger charge is 2.10. The number of hydrogen-bond donors (Lipinski definition) is 1. The molecule has 0 aliphatic heterocycles. The van der Waals surface area contributed by atoms with Crippen LogP contribution in [-0.4, -0.2) is 10.9 Å². The van der Waals surface area contributed by atoms with Gasteiger partial charge in [-0.2, -0.15) is 0 Å². The van der Waals surface area contributed by atoms with Crippen LogP contribution in [0.25, 0.3) is 0 Å². The molecule has 0 spiro atoms. The molecule has 0 heterocycles. The number of aromatic hydroxyl groups is 1. The lowest BCUT2D eigenvalue weighted by molar-refractivity contribution is -0.116. The maximum Gasteiger partial charge on any atom is 0.133 e. The van der Waals surface area contributed by atoms with Gasteiger partial charge in [0, 0.05) is 6.42 Å². The molecule has 1 aromatic carbocycles. The van der Waals surface area contributed by atoms with Crippen LogP contribution >= 0.6 is 0 Å². The van der Waals surface area contributed by atoms with Crippen LogP contribution in [0.4, 0.5) is 0 Å². The van der Waals surface area contributed by atoms with E-state index in [1.807, 2.05) is 19.1 Å². The van der Waals surface area contributed by atoms with E-state index in [1.54, 1.807) is 13.0 Å². The van der Waals surface area contributed by atoms with Gasteiger partial charge in [0.25, 0.3) is 0 Å². The van der Waals surface area contributed by atoms with Crippen molar-refractivity contribution in [1.29, 1.82) is 0 Å². The van der Waals surface area contributed by atoms with Gasteiger partial charge in [0.2, 0.25) is 0 Å². The van der Waals surface area contributed by atoms with Gasteiger partial charge in [0.15, 0.2) is 0 Å². The molecule has 2 nitrogen and oxygen atoms in total. The van der Waals surface area contributed by atoms with Gasteiger partial charge < -0.3 is 5.11 Å². The molecular formula is C20H30O2. The molecule has 2 heteroatoms. The van der Waals surface area contributed by atoms with Crippen LogP contribution in [0.1, 0.15) is 63.5 Å². The summed E-state index contributed by atoms with van der Waals surface area (Å²) >= 11 is 0. The summed E-state index contributed by atoms with van der Waals surface area (Å²) in [5.41, 5.74) is 2.29. The van der Waals surface area contributed by atoms with E-state index in [-0.39, 0.29) is 5.78 Å². The zero-order valence-corrected chi connectivity index (χ0v) is 14.3. The molecule has 0 fully saturated rings. The van der Waals surface area contributed by atoms with Gasteiger partial charge in [-0.05, 0) is 56.2 Å². The highest BCUT2D eigenvalue weighted by molar-refractivity contribution is 5.76. The van der Waals surface area contributed by atoms with E-state index >= 15 is 0 Å². The molecule has 1 N–H and O–H groups in total. The van der Waals surface area contributed by atoms with Crippen molar-refractivity contribution in [2.24, 2.45) is 5.92 Å². The number of carbonyl (C=O) groups is 1. The van der Waals surface area contributed by atoms with Gasteiger partial charge >= 0.3 is 0 Å². The number of rotatable bonds is 10. The van der Waals surface area contributed by atoms with Gasteiger partial charge in [-0.1, -0.05) is 50.5 Å². The fourth-order valence-corrected chi connectivity index (χ4v) is 2.71. The summed E-state index contributed by atoms with van der Waals surface area (Å²) in [6, 6.07) is 5.82. The Morgan fingerprint density at radius 1 is 1.27 bits per heavy atom. The number of Topliss-reactive ketones (excluding diaryl/α,β-unsaturated/α-hetero) is 1. The number of carbonyl (C=O) groups excluding carboxylic acids is 1. The Hall–Kier alpha value is -1.57. The van der Waals surface area contributed by atoms with E-state index in [9.17, 15) is 9.90 Å². The minimum Gasteiger partial charge on any atom is -0.508 e. The zero-order chi connectivity index (χ0) is 16.4. The van der Waals surface area contributed by atoms with E-state index in [2.05, 4.69) is 19.1 Å². The van der Waals surface area contributed by atoms with E-state index in [4.69, 9.17) is 0 Å².